The Morgan fingerprint density at radius 3 is 2.71 bits per heavy atom. The lowest BCUT2D eigenvalue weighted by Crippen LogP contribution is -2.14. The maximum absolute atomic E-state index is 12.8. The minimum atomic E-state index is -4.52. The van der Waals surface area contributed by atoms with Crippen molar-refractivity contribution in [2.45, 2.75) is 38.3 Å². The molecule has 1 aliphatic rings. The molecule has 0 saturated heterocycles. The van der Waals surface area contributed by atoms with E-state index in [2.05, 4.69) is 9.97 Å². The van der Waals surface area contributed by atoms with Crippen LogP contribution in [0.25, 0.3) is 11.5 Å². The van der Waals surface area contributed by atoms with E-state index < -0.39 is 17.7 Å². The van der Waals surface area contributed by atoms with Gasteiger partial charge in [-0.1, -0.05) is 6.42 Å². The number of esters is 1. The fourth-order valence-corrected chi connectivity index (χ4v) is 2.46. The zero-order valence-corrected chi connectivity index (χ0v) is 12.9. The topological polar surface area (TPSA) is 65.2 Å². The number of nitrogens with zero attached hydrogens (tertiary/aromatic N) is 2. The van der Waals surface area contributed by atoms with Gasteiger partial charge in [-0.15, -0.1) is 0 Å². The van der Waals surface area contributed by atoms with Crippen LogP contribution >= 0.6 is 0 Å². The number of pyridine rings is 1. The molecule has 0 atom stereocenters. The van der Waals surface area contributed by atoms with Gasteiger partial charge < -0.3 is 9.15 Å². The number of hydrogen-bond acceptors (Lipinski definition) is 5. The van der Waals surface area contributed by atoms with Crippen LogP contribution in [0.15, 0.2) is 22.9 Å². The van der Waals surface area contributed by atoms with Crippen molar-refractivity contribution in [3.05, 3.63) is 35.5 Å². The standard InChI is InChI=1S/C16H15F3N2O3/c1-2-23-15(22)12-13(9-4-3-5-9)24-14(21-12)10-6-11(8-20-7-10)16(17,18)19/h6-9H,2-5H2,1H3. The minimum absolute atomic E-state index is 0.0361. The van der Waals surface area contributed by atoms with Gasteiger partial charge in [-0.3, -0.25) is 4.98 Å². The number of halogens is 3. The van der Waals surface area contributed by atoms with E-state index in [-0.39, 0.29) is 29.7 Å². The average molecular weight is 340 g/mol. The van der Waals surface area contributed by atoms with Crippen molar-refractivity contribution >= 4 is 5.97 Å². The molecule has 24 heavy (non-hydrogen) atoms. The molecule has 0 spiro atoms. The van der Waals surface area contributed by atoms with Crippen LogP contribution in [0.1, 0.15) is 53.9 Å². The van der Waals surface area contributed by atoms with Gasteiger partial charge in [0.1, 0.15) is 5.76 Å². The van der Waals surface area contributed by atoms with Crippen LogP contribution in [0.4, 0.5) is 13.2 Å². The molecule has 0 radical (unpaired) electrons. The molecular weight excluding hydrogens is 325 g/mol. The number of carbonyl (C=O) groups excluding carboxylic acids is 1. The van der Waals surface area contributed by atoms with Crippen LogP contribution in [0.5, 0.6) is 0 Å². The molecule has 0 aliphatic heterocycles. The lowest BCUT2D eigenvalue weighted by atomic mass is 9.83. The van der Waals surface area contributed by atoms with E-state index in [0.29, 0.717) is 5.76 Å². The van der Waals surface area contributed by atoms with Crippen LogP contribution in [-0.4, -0.2) is 22.5 Å². The quantitative estimate of drug-likeness (QED) is 0.781. The van der Waals surface area contributed by atoms with Crippen molar-refractivity contribution in [3.8, 4) is 11.5 Å². The van der Waals surface area contributed by atoms with Crippen LogP contribution in [0.2, 0.25) is 0 Å². The molecule has 0 bridgehead atoms. The molecule has 0 aromatic carbocycles. The smallest absolute Gasteiger partial charge is 0.417 e. The zero-order valence-electron chi connectivity index (χ0n) is 12.9. The molecule has 0 unspecified atom stereocenters. The summed E-state index contributed by atoms with van der Waals surface area (Å²) in [5.41, 5.74) is -0.795. The molecule has 2 heterocycles. The van der Waals surface area contributed by atoms with E-state index in [1.165, 1.54) is 6.20 Å². The van der Waals surface area contributed by atoms with Crippen molar-refractivity contribution in [2.75, 3.05) is 6.61 Å². The first kappa shape index (κ1) is 16.5. The Kier molecular flexibility index (Phi) is 4.29. The molecule has 128 valence electrons. The lowest BCUT2D eigenvalue weighted by molar-refractivity contribution is -0.137. The third-order valence-corrected chi connectivity index (χ3v) is 3.91. The summed E-state index contributed by atoms with van der Waals surface area (Å²) in [6, 6.07) is 0.901. The highest BCUT2D eigenvalue weighted by Crippen LogP contribution is 2.40. The zero-order chi connectivity index (χ0) is 17.3. The number of oxazole rings is 1. The SMILES string of the molecule is CCOC(=O)c1nc(-c2cncc(C(F)(F)F)c2)oc1C1CCC1. The van der Waals surface area contributed by atoms with Gasteiger partial charge in [-0.2, -0.15) is 13.2 Å². The molecule has 0 N–H and O–H groups in total. The first-order valence-corrected chi connectivity index (χ1v) is 7.60. The second kappa shape index (κ2) is 6.26. The Balaban J connectivity index is 2.01. The first-order valence-electron chi connectivity index (χ1n) is 7.60. The van der Waals surface area contributed by atoms with Gasteiger partial charge in [0, 0.05) is 18.3 Å². The van der Waals surface area contributed by atoms with Crippen molar-refractivity contribution in [1.29, 1.82) is 0 Å². The Bertz CT molecular complexity index is 751. The Morgan fingerprint density at radius 2 is 2.12 bits per heavy atom. The first-order chi connectivity index (χ1) is 11.4. The molecular formula is C16H15F3N2O3. The van der Waals surface area contributed by atoms with Gasteiger partial charge in [-0.05, 0) is 25.8 Å². The minimum Gasteiger partial charge on any atom is -0.461 e. The van der Waals surface area contributed by atoms with Crippen LogP contribution in [-0.2, 0) is 10.9 Å². The van der Waals surface area contributed by atoms with Crippen LogP contribution in [0.3, 0.4) is 0 Å². The van der Waals surface area contributed by atoms with Crippen LogP contribution in [0, 0.1) is 0 Å². The van der Waals surface area contributed by atoms with Gasteiger partial charge in [0.15, 0.2) is 5.69 Å². The summed E-state index contributed by atoms with van der Waals surface area (Å²) < 4.78 is 49.0. The van der Waals surface area contributed by atoms with Gasteiger partial charge in [-0.25, -0.2) is 9.78 Å². The summed E-state index contributed by atoms with van der Waals surface area (Å²) in [5.74, 6) is -0.260. The second-order valence-corrected chi connectivity index (χ2v) is 5.54. The number of carbonyl (C=O) groups is 1. The third-order valence-electron chi connectivity index (χ3n) is 3.91. The predicted molar refractivity (Wildman–Crippen MR) is 77.3 cm³/mol. The van der Waals surface area contributed by atoms with E-state index in [1.807, 2.05) is 0 Å². The second-order valence-electron chi connectivity index (χ2n) is 5.54. The molecule has 1 saturated carbocycles. The largest absolute Gasteiger partial charge is 0.461 e. The maximum Gasteiger partial charge on any atom is 0.417 e. The number of aromatic nitrogens is 2. The summed E-state index contributed by atoms with van der Waals surface area (Å²) >= 11 is 0. The fraction of sp³-hybridized carbons (Fsp3) is 0.438. The number of alkyl halides is 3. The Hall–Kier alpha value is -2.38. The molecule has 1 aliphatic carbocycles. The van der Waals surface area contributed by atoms with E-state index in [1.54, 1.807) is 6.92 Å². The van der Waals surface area contributed by atoms with Crippen LogP contribution < -0.4 is 0 Å². The van der Waals surface area contributed by atoms with E-state index in [0.717, 1.165) is 31.5 Å². The molecule has 3 rings (SSSR count). The number of hydrogen-bond donors (Lipinski definition) is 0. The molecule has 5 nitrogen and oxygen atoms in total. The average Bonchev–Trinajstić information content (AvgIpc) is 2.90. The summed E-state index contributed by atoms with van der Waals surface area (Å²) in [7, 11) is 0. The van der Waals surface area contributed by atoms with Gasteiger partial charge >= 0.3 is 12.1 Å². The lowest BCUT2D eigenvalue weighted by Gasteiger charge is -2.23. The molecule has 2 aromatic heterocycles. The normalized spacial score (nSPS) is 15.2. The van der Waals surface area contributed by atoms with Crippen molar-refractivity contribution < 1.29 is 27.1 Å². The van der Waals surface area contributed by atoms with E-state index >= 15 is 0 Å². The fourth-order valence-electron chi connectivity index (χ4n) is 2.46. The molecule has 0 amide bonds. The molecule has 8 heteroatoms. The van der Waals surface area contributed by atoms with Crippen molar-refractivity contribution in [2.24, 2.45) is 0 Å². The Labute approximate surface area is 135 Å². The monoisotopic (exact) mass is 340 g/mol. The highest BCUT2D eigenvalue weighted by atomic mass is 19.4. The highest BCUT2D eigenvalue weighted by molar-refractivity contribution is 5.89. The summed E-state index contributed by atoms with van der Waals surface area (Å²) in [6.45, 7) is 1.84. The number of rotatable bonds is 4. The van der Waals surface area contributed by atoms with E-state index in [4.69, 9.17) is 9.15 Å². The summed E-state index contributed by atoms with van der Waals surface area (Å²) in [5, 5.41) is 0. The predicted octanol–water partition coefficient (Wildman–Crippen LogP) is 4.20. The number of ether oxygens (including phenoxy) is 1. The van der Waals surface area contributed by atoms with Gasteiger partial charge in [0.25, 0.3) is 0 Å². The van der Waals surface area contributed by atoms with E-state index in [9.17, 15) is 18.0 Å². The molecule has 1 fully saturated rings. The maximum atomic E-state index is 12.8. The van der Waals surface area contributed by atoms with Gasteiger partial charge in [0.2, 0.25) is 5.89 Å². The Morgan fingerprint density at radius 1 is 1.38 bits per heavy atom. The summed E-state index contributed by atoms with van der Waals surface area (Å²) in [6.07, 6.45) is 0.139. The summed E-state index contributed by atoms with van der Waals surface area (Å²) in [4.78, 5) is 19.7. The van der Waals surface area contributed by atoms with Crippen molar-refractivity contribution in [1.82, 2.24) is 9.97 Å². The highest BCUT2D eigenvalue weighted by Gasteiger charge is 2.34. The van der Waals surface area contributed by atoms with Crippen molar-refractivity contribution in [3.63, 3.8) is 0 Å². The third kappa shape index (κ3) is 3.13. The molecule has 2 aromatic rings. The van der Waals surface area contributed by atoms with Gasteiger partial charge in [0.05, 0.1) is 17.7 Å².